The number of pyridine rings is 1. The van der Waals surface area contributed by atoms with Crippen LogP contribution in [0.1, 0.15) is 5.56 Å². The summed E-state index contributed by atoms with van der Waals surface area (Å²) >= 11 is 0. The lowest BCUT2D eigenvalue weighted by Crippen LogP contribution is -2.01. The van der Waals surface area contributed by atoms with Gasteiger partial charge in [-0.3, -0.25) is 9.78 Å². The van der Waals surface area contributed by atoms with E-state index in [1.165, 1.54) is 0 Å². The van der Waals surface area contributed by atoms with Crippen molar-refractivity contribution in [3.05, 3.63) is 30.0 Å². The Morgan fingerprint density at radius 2 is 2.12 bits per heavy atom. The third kappa shape index (κ3) is 1.65. The van der Waals surface area contributed by atoms with Crippen molar-refractivity contribution in [1.29, 1.82) is 0 Å². The molecule has 0 unspecified atom stereocenters. The Hall–Kier alpha value is -2.30. The number of aromatic nitrogens is 1. The van der Waals surface area contributed by atoms with Gasteiger partial charge < -0.3 is 14.6 Å². The molecule has 3 rings (SSSR count). The summed E-state index contributed by atoms with van der Waals surface area (Å²) in [7, 11) is 0. The van der Waals surface area contributed by atoms with E-state index in [4.69, 9.17) is 14.6 Å². The lowest BCUT2D eigenvalue weighted by molar-refractivity contribution is -0.136. The molecule has 0 amide bonds. The van der Waals surface area contributed by atoms with Crippen molar-refractivity contribution in [3.8, 4) is 11.5 Å². The second kappa shape index (κ2) is 3.62. The minimum Gasteiger partial charge on any atom is -0.481 e. The second-order valence-corrected chi connectivity index (χ2v) is 3.76. The van der Waals surface area contributed by atoms with Gasteiger partial charge in [-0.2, -0.15) is 0 Å². The molecule has 0 bridgehead atoms. The molecule has 86 valence electrons. The summed E-state index contributed by atoms with van der Waals surface area (Å²) in [6, 6.07) is 5.25. The molecule has 2 aromatic rings. The molecule has 0 saturated heterocycles. The topological polar surface area (TPSA) is 68.7 Å². The predicted molar refractivity (Wildman–Crippen MR) is 59.2 cm³/mol. The molecule has 0 fully saturated rings. The fourth-order valence-electron chi connectivity index (χ4n) is 1.91. The van der Waals surface area contributed by atoms with Crippen LogP contribution in [0.4, 0.5) is 0 Å². The standard InChI is InChI=1S/C12H9NO4/c14-12(15)3-7-1-2-13-9-5-11-10(4-8(7)9)16-6-17-11/h1-2,4-5H,3,6H2,(H,14,15). The molecule has 0 atom stereocenters. The third-order valence-corrected chi connectivity index (χ3v) is 2.67. The second-order valence-electron chi connectivity index (χ2n) is 3.76. The molecule has 0 spiro atoms. The van der Waals surface area contributed by atoms with Crippen LogP contribution in [0.2, 0.25) is 0 Å². The fourth-order valence-corrected chi connectivity index (χ4v) is 1.91. The van der Waals surface area contributed by atoms with Crippen LogP contribution in [0, 0.1) is 0 Å². The van der Waals surface area contributed by atoms with Crippen molar-refractivity contribution in [2.45, 2.75) is 6.42 Å². The summed E-state index contributed by atoms with van der Waals surface area (Å²) in [6.07, 6.45) is 1.57. The molecule has 0 aliphatic carbocycles. The molecule has 17 heavy (non-hydrogen) atoms. The Balaban J connectivity index is 2.20. The van der Waals surface area contributed by atoms with E-state index in [-0.39, 0.29) is 13.2 Å². The van der Waals surface area contributed by atoms with Gasteiger partial charge in [0.05, 0.1) is 11.9 Å². The number of hydrogen-bond acceptors (Lipinski definition) is 4. The summed E-state index contributed by atoms with van der Waals surface area (Å²) in [5, 5.41) is 9.63. The van der Waals surface area contributed by atoms with Crippen molar-refractivity contribution in [2.24, 2.45) is 0 Å². The number of aliphatic carboxylic acids is 1. The van der Waals surface area contributed by atoms with Gasteiger partial charge in [0, 0.05) is 17.6 Å². The first kappa shape index (κ1) is 9.89. The van der Waals surface area contributed by atoms with E-state index in [1.54, 1.807) is 24.4 Å². The minimum absolute atomic E-state index is 0.0291. The van der Waals surface area contributed by atoms with Gasteiger partial charge in [0.25, 0.3) is 0 Å². The fraction of sp³-hybridized carbons (Fsp3) is 0.167. The lowest BCUT2D eigenvalue weighted by Gasteiger charge is -2.04. The van der Waals surface area contributed by atoms with Gasteiger partial charge in [-0.1, -0.05) is 0 Å². The highest BCUT2D eigenvalue weighted by molar-refractivity contribution is 5.88. The molecule has 1 aromatic heterocycles. The molecule has 0 radical (unpaired) electrons. The highest BCUT2D eigenvalue weighted by Crippen LogP contribution is 2.36. The molecule has 5 nitrogen and oxygen atoms in total. The molecule has 5 heteroatoms. The van der Waals surface area contributed by atoms with Gasteiger partial charge in [-0.15, -0.1) is 0 Å². The molecule has 2 heterocycles. The number of carbonyl (C=O) groups is 1. The molecule has 1 aliphatic heterocycles. The van der Waals surface area contributed by atoms with Gasteiger partial charge in [0.2, 0.25) is 6.79 Å². The first-order valence-corrected chi connectivity index (χ1v) is 5.13. The highest BCUT2D eigenvalue weighted by Gasteiger charge is 2.16. The zero-order valence-corrected chi connectivity index (χ0v) is 8.84. The number of carboxylic acids is 1. The number of hydrogen-bond donors (Lipinski definition) is 1. The van der Waals surface area contributed by atoms with Gasteiger partial charge in [0.15, 0.2) is 11.5 Å². The Bertz CT molecular complexity index is 609. The van der Waals surface area contributed by atoms with Crippen LogP contribution in [0.15, 0.2) is 24.4 Å². The average Bonchev–Trinajstić information content (AvgIpc) is 2.73. The van der Waals surface area contributed by atoms with Crippen molar-refractivity contribution < 1.29 is 19.4 Å². The maximum Gasteiger partial charge on any atom is 0.307 e. The van der Waals surface area contributed by atoms with Gasteiger partial charge >= 0.3 is 5.97 Å². The highest BCUT2D eigenvalue weighted by atomic mass is 16.7. The number of fused-ring (bicyclic) bond motifs is 2. The van der Waals surface area contributed by atoms with Crippen LogP contribution in [0.25, 0.3) is 10.9 Å². The Kier molecular flexibility index (Phi) is 2.11. The quantitative estimate of drug-likeness (QED) is 0.849. The summed E-state index contributed by atoms with van der Waals surface area (Å²) in [5.74, 6) is 0.421. The monoisotopic (exact) mass is 231 g/mol. The Labute approximate surface area is 96.6 Å². The predicted octanol–water partition coefficient (Wildman–Crippen LogP) is 1.59. The van der Waals surface area contributed by atoms with E-state index in [9.17, 15) is 4.79 Å². The smallest absolute Gasteiger partial charge is 0.307 e. The molecule has 1 aliphatic rings. The number of nitrogens with zero attached hydrogens (tertiary/aromatic N) is 1. The average molecular weight is 231 g/mol. The first-order chi connectivity index (χ1) is 8.24. The van der Waals surface area contributed by atoms with Crippen molar-refractivity contribution in [2.75, 3.05) is 6.79 Å². The van der Waals surface area contributed by atoms with Gasteiger partial charge in [-0.25, -0.2) is 0 Å². The molecular formula is C12H9NO4. The number of rotatable bonds is 2. The van der Waals surface area contributed by atoms with Crippen LogP contribution >= 0.6 is 0 Å². The van der Waals surface area contributed by atoms with Crippen molar-refractivity contribution in [3.63, 3.8) is 0 Å². The van der Waals surface area contributed by atoms with Crippen LogP contribution in [0.3, 0.4) is 0 Å². The van der Waals surface area contributed by atoms with E-state index < -0.39 is 5.97 Å². The number of carboxylic acid groups (broad SMARTS) is 1. The molecule has 1 aromatic carbocycles. The van der Waals surface area contributed by atoms with Crippen LogP contribution in [0.5, 0.6) is 11.5 Å². The zero-order chi connectivity index (χ0) is 11.8. The van der Waals surface area contributed by atoms with Crippen molar-refractivity contribution >= 4 is 16.9 Å². The largest absolute Gasteiger partial charge is 0.481 e. The summed E-state index contributed by atoms with van der Waals surface area (Å²) < 4.78 is 10.5. The van der Waals surface area contributed by atoms with E-state index in [0.717, 1.165) is 10.9 Å². The third-order valence-electron chi connectivity index (χ3n) is 2.67. The van der Waals surface area contributed by atoms with E-state index in [0.29, 0.717) is 17.0 Å². The summed E-state index contributed by atoms with van der Waals surface area (Å²) in [6.45, 7) is 0.194. The van der Waals surface area contributed by atoms with E-state index in [1.807, 2.05) is 0 Å². The maximum atomic E-state index is 10.8. The van der Waals surface area contributed by atoms with Gasteiger partial charge in [-0.05, 0) is 17.7 Å². The van der Waals surface area contributed by atoms with E-state index >= 15 is 0 Å². The minimum atomic E-state index is -0.866. The SMILES string of the molecule is O=C(O)Cc1ccnc2cc3c(cc12)OCO3. The van der Waals surface area contributed by atoms with Crippen LogP contribution in [-0.2, 0) is 11.2 Å². The maximum absolute atomic E-state index is 10.8. The normalized spacial score (nSPS) is 12.9. The van der Waals surface area contributed by atoms with E-state index in [2.05, 4.69) is 4.98 Å². The van der Waals surface area contributed by atoms with Gasteiger partial charge in [0.1, 0.15) is 0 Å². The molecular weight excluding hydrogens is 222 g/mol. The summed E-state index contributed by atoms with van der Waals surface area (Å²) in [4.78, 5) is 15.0. The number of ether oxygens (including phenoxy) is 2. The first-order valence-electron chi connectivity index (χ1n) is 5.13. The van der Waals surface area contributed by atoms with Crippen LogP contribution < -0.4 is 9.47 Å². The lowest BCUT2D eigenvalue weighted by atomic mass is 10.1. The van der Waals surface area contributed by atoms with Crippen molar-refractivity contribution in [1.82, 2.24) is 4.98 Å². The molecule has 1 N–H and O–H groups in total. The summed E-state index contributed by atoms with van der Waals surface area (Å²) in [5.41, 5.74) is 1.44. The number of benzene rings is 1. The molecule has 0 saturated carbocycles. The Morgan fingerprint density at radius 1 is 1.35 bits per heavy atom. The zero-order valence-electron chi connectivity index (χ0n) is 8.84. The van der Waals surface area contributed by atoms with Crippen LogP contribution in [-0.4, -0.2) is 22.9 Å². The Morgan fingerprint density at radius 3 is 2.88 bits per heavy atom.